The van der Waals surface area contributed by atoms with E-state index in [2.05, 4.69) is 0 Å². The highest BCUT2D eigenvalue weighted by Gasteiger charge is 2.11. The molecule has 3 aromatic rings. The minimum Gasteiger partial charge on any atom is -0.507 e. The first-order chi connectivity index (χ1) is 11.6. The number of anilines is 1. The van der Waals surface area contributed by atoms with Gasteiger partial charge in [0.25, 0.3) is 0 Å². The van der Waals surface area contributed by atoms with Crippen LogP contribution in [0.3, 0.4) is 0 Å². The fraction of sp³-hybridized carbons (Fsp3) is 0.0952. The molecule has 0 spiro atoms. The van der Waals surface area contributed by atoms with E-state index in [0.29, 0.717) is 10.9 Å². The maximum atomic E-state index is 12.4. The smallest absolute Gasteiger partial charge is 0.189 e. The lowest BCUT2D eigenvalue weighted by Gasteiger charge is -2.11. The Labute approximate surface area is 141 Å². The summed E-state index contributed by atoms with van der Waals surface area (Å²) in [6, 6.07) is 18.9. The molecular formula is C21H19NO2. The summed E-state index contributed by atoms with van der Waals surface area (Å²) in [5, 5.41) is 12.0. The van der Waals surface area contributed by atoms with Gasteiger partial charge in [-0.3, -0.25) is 4.79 Å². The molecule has 24 heavy (non-hydrogen) atoms. The number of carbonyl (C=O) groups is 1. The molecule has 0 radical (unpaired) electrons. The molecule has 0 aromatic heterocycles. The summed E-state index contributed by atoms with van der Waals surface area (Å²) in [7, 11) is 3.97. The molecule has 0 aliphatic heterocycles. The molecule has 0 unspecified atom stereocenters. The summed E-state index contributed by atoms with van der Waals surface area (Å²) >= 11 is 0. The van der Waals surface area contributed by atoms with E-state index >= 15 is 0 Å². The number of phenolic OH excluding ortho intramolecular Hbond substituents is 1. The molecule has 3 heteroatoms. The number of phenols is 1. The van der Waals surface area contributed by atoms with E-state index in [4.69, 9.17) is 0 Å². The van der Waals surface area contributed by atoms with E-state index < -0.39 is 0 Å². The summed E-state index contributed by atoms with van der Waals surface area (Å²) in [6.07, 6.45) is 3.25. The van der Waals surface area contributed by atoms with Crippen molar-refractivity contribution in [1.29, 1.82) is 0 Å². The third-order valence-corrected chi connectivity index (χ3v) is 4.00. The van der Waals surface area contributed by atoms with Gasteiger partial charge in [-0.25, -0.2) is 0 Å². The monoisotopic (exact) mass is 317 g/mol. The lowest BCUT2D eigenvalue weighted by molar-refractivity contribution is 0.104. The Hall–Kier alpha value is -3.07. The van der Waals surface area contributed by atoms with E-state index in [1.165, 1.54) is 6.08 Å². The van der Waals surface area contributed by atoms with E-state index in [1.54, 1.807) is 12.1 Å². The molecule has 120 valence electrons. The van der Waals surface area contributed by atoms with Gasteiger partial charge in [-0.05, 0) is 35.2 Å². The van der Waals surface area contributed by atoms with Crippen molar-refractivity contribution in [2.24, 2.45) is 0 Å². The number of carbonyl (C=O) groups excluding carboxylic acids is 1. The Morgan fingerprint density at radius 2 is 1.67 bits per heavy atom. The number of ketones is 1. The Kier molecular flexibility index (Phi) is 4.34. The molecule has 0 saturated carbocycles. The Bertz CT molecular complexity index is 909. The van der Waals surface area contributed by atoms with Gasteiger partial charge in [-0.1, -0.05) is 48.5 Å². The first kappa shape index (κ1) is 15.8. The molecule has 0 aliphatic carbocycles. The summed E-state index contributed by atoms with van der Waals surface area (Å²) < 4.78 is 0. The van der Waals surface area contributed by atoms with Crippen molar-refractivity contribution in [1.82, 2.24) is 0 Å². The van der Waals surface area contributed by atoms with E-state index in [0.717, 1.165) is 16.6 Å². The quantitative estimate of drug-likeness (QED) is 0.568. The predicted molar refractivity (Wildman–Crippen MR) is 99.7 cm³/mol. The van der Waals surface area contributed by atoms with Crippen LogP contribution in [0.4, 0.5) is 5.69 Å². The maximum absolute atomic E-state index is 12.4. The van der Waals surface area contributed by atoms with Gasteiger partial charge in [0.2, 0.25) is 0 Å². The predicted octanol–water partition coefficient (Wildman–Crippen LogP) is 4.51. The van der Waals surface area contributed by atoms with Crippen molar-refractivity contribution in [3.63, 3.8) is 0 Å². The van der Waals surface area contributed by atoms with E-state index in [-0.39, 0.29) is 11.5 Å². The Morgan fingerprint density at radius 1 is 0.958 bits per heavy atom. The topological polar surface area (TPSA) is 40.5 Å². The van der Waals surface area contributed by atoms with Crippen LogP contribution in [0.15, 0.2) is 66.7 Å². The van der Waals surface area contributed by atoms with Crippen LogP contribution in [0, 0.1) is 0 Å². The highest BCUT2D eigenvalue weighted by atomic mass is 16.3. The second-order valence-electron chi connectivity index (χ2n) is 5.87. The fourth-order valence-electron chi connectivity index (χ4n) is 2.60. The molecule has 0 fully saturated rings. The number of benzene rings is 3. The van der Waals surface area contributed by atoms with Crippen LogP contribution < -0.4 is 4.90 Å². The lowest BCUT2D eigenvalue weighted by Crippen LogP contribution is -2.07. The summed E-state index contributed by atoms with van der Waals surface area (Å²) in [4.78, 5) is 14.4. The normalized spacial score (nSPS) is 11.1. The van der Waals surface area contributed by atoms with Gasteiger partial charge in [0.05, 0.1) is 5.56 Å². The molecule has 3 rings (SSSR count). The number of fused-ring (bicyclic) bond motifs is 1. The number of allylic oxidation sites excluding steroid dienone is 1. The highest BCUT2D eigenvalue weighted by molar-refractivity contribution is 6.11. The van der Waals surface area contributed by atoms with Gasteiger partial charge in [-0.15, -0.1) is 0 Å². The molecule has 0 amide bonds. The number of hydrogen-bond donors (Lipinski definition) is 1. The van der Waals surface area contributed by atoms with Crippen LogP contribution in [-0.2, 0) is 0 Å². The van der Waals surface area contributed by atoms with Gasteiger partial charge in [0, 0.05) is 25.2 Å². The van der Waals surface area contributed by atoms with Gasteiger partial charge in [-0.2, -0.15) is 0 Å². The minimum atomic E-state index is -0.213. The van der Waals surface area contributed by atoms with E-state index in [9.17, 15) is 9.90 Å². The molecule has 0 saturated heterocycles. The zero-order valence-electron chi connectivity index (χ0n) is 13.7. The standard InChI is InChI=1S/C21H19NO2/c1-22(2)17-11-7-15(8-12-17)9-14-20(23)19-13-10-16-5-3-4-6-18(16)21(19)24/h3-14,24H,1-2H3/b14-9+. The summed E-state index contributed by atoms with van der Waals surface area (Å²) in [6.45, 7) is 0. The molecule has 0 heterocycles. The van der Waals surface area contributed by atoms with Crippen LogP contribution in [0.1, 0.15) is 15.9 Å². The average Bonchev–Trinajstić information content (AvgIpc) is 2.60. The van der Waals surface area contributed by atoms with Gasteiger partial charge in [0.1, 0.15) is 5.75 Å². The van der Waals surface area contributed by atoms with Crippen molar-refractivity contribution in [2.75, 3.05) is 19.0 Å². The number of hydrogen-bond acceptors (Lipinski definition) is 3. The first-order valence-electron chi connectivity index (χ1n) is 7.77. The van der Waals surface area contributed by atoms with Crippen LogP contribution in [0.5, 0.6) is 5.75 Å². The third-order valence-electron chi connectivity index (χ3n) is 4.00. The second-order valence-corrected chi connectivity index (χ2v) is 5.87. The van der Waals surface area contributed by atoms with Crippen LogP contribution in [0.2, 0.25) is 0 Å². The van der Waals surface area contributed by atoms with Crippen molar-refractivity contribution in [3.8, 4) is 5.75 Å². The summed E-state index contributed by atoms with van der Waals surface area (Å²) in [5.41, 5.74) is 2.36. The van der Waals surface area contributed by atoms with Gasteiger partial charge in [0.15, 0.2) is 5.78 Å². The summed E-state index contributed by atoms with van der Waals surface area (Å²) in [5.74, 6) is -0.180. The molecule has 0 atom stereocenters. The third kappa shape index (κ3) is 3.15. The van der Waals surface area contributed by atoms with Gasteiger partial charge < -0.3 is 10.0 Å². The second kappa shape index (κ2) is 6.59. The maximum Gasteiger partial charge on any atom is 0.189 e. The van der Waals surface area contributed by atoms with Crippen molar-refractivity contribution in [3.05, 3.63) is 77.9 Å². The molecule has 0 aliphatic rings. The van der Waals surface area contributed by atoms with Crippen LogP contribution in [-0.4, -0.2) is 25.0 Å². The minimum absolute atomic E-state index is 0.0331. The molecule has 0 bridgehead atoms. The van der Waals surface area contributed by atoms with Crippen LogP contribution >= 0.6 is 0 Å². The largest absolute Gasteiger partial charge is 0.507 e. The zero-order valence-corrected chi connectivity index (χ0v) is 13.7. The molecule has 3 aromatic carbocycles. The molecular weight excluding hydrogens is 298 g/mol. The average molecular weight is 317 g/mol. The van der Waals surface area contributed by atoms with Crippen LogP contribution in [0.25, 0.3) is 16.8 Å². The number of aromatic hydroxyl groups is 1. The van der Waals surface area contributed by atoms with Crippen molar-refractivity contribution >= 4 is 28.3 Å². The lowest BCUT2D eigenvalue weighted by atomic mass is 10.0. The van der Waals surface area contributed by atoms with Crippen molar-refractivity contribution < 1.29 is 9.90 Å². The first-order valence-corrected chi connectivity index (χ1v) is 7.77. The van der Waals surface area contributed by atoms with Gasteiger partial charge >= 0.3 is 0 Å². The van der Waals surface area contributed by atoms with E-state index in [1.807, 2.05) is 73.6 Å². The molecule has 1 N–H and O–H groups in total. The number of rotatable bonds is 4. The zero-order chi connectivity index (χ0) is 17.1. The highest BCUT2D eigenvalue weighted by Crippen LogP contribution is 2.29. The molecule has 3 nitrogen and oxygen atoms in total. The Morgan fingerprint density at radius 3 is 2.38 bits per heavy atom. The number of nitrogens with zero attached hydrogens (tertiary/aromatic N) is 1. The Balaban J connectivity index is 1.85. The van der Waals surface area contributed by atoms with Crippen molar-refractivity contribution in [2.45, 2.75) is 0 Å². The SMILES string of the molecule is CN(C)c1ccc(/C=C/C(=O)c2ccc3ccccc3c2O)cc1. The fourth-order valence-corrected chi connectivity index (χ4v) is 2.60.